The fourth-order valence-electron chi connectivity index (χ4n) is 4.36. The number of hydrogen-bond donors (Lipinski definition) is 0. The molecule has 0 aromatic heterocycles. The predicted molar refractivity (Wildman–Crippen MR) is 136 cm³/mol. The Bertz CT molecular complexity index is 845. The highest BCUT2D eigenvalue weighted by Gasteiger charge is 2.25. The van der Waals surface area contributed by atoms with Gasteiger partial charge in [0.2, 0.25) is 0 Å². The first kappa shape index (κ1) is 24.9. The molecule has 1 fully saturated rings. The van der Waals surface area contributed by atoms with E-state index in [0.717, 1.165) is 25.7 Å². The summed E-state index contributed by atoms with van der Waals surface area (Å²) in [6.45, 7) is 13.3. The van der Waals surface area contributed by atoms with Crippen molar-refractivity contribution in [2.24, 2.45) is 11.3 Å². The van der Waals surface area contributed by atoms with E-state index in [1.165, 1.54) is 54.4 Å². The third-order valence-electron chi connectivity index (χ3n) is 6.42. The van der Waals surface area contributed by atoms with E-state index in [9.17, 15) is 5.26 Å². The highest BCUT2D eigenvalue weighted by Crippen LogP contribution is 2.39. The van der Waals surface area contributed by atoms with Crippen LogP contribution in [-0.4, -0.2) is 0 Å². The Labute approximate surface area is 191 Å². The van der Waals surface area contributed by atoms with Crippen molar-refractivity contribution in [2.75, 3.05) is 0 Å². The summed E-state index contributed by atoms with van der Waals surface area (Å²) in [5.41, 5.74) is 6.55. The molecule has 166 valence electrons. The molecule has 1 nitrogen and oxygen atoms in total. The minimum absolute atomic E-state index is 0.351. The zero-order chi connectivity index (χ0) is 22.7. The summed E-state index contributed by atoms with van der Waals surface area (Å²) in [5.74, 6) is 0.681. The van der Waals surface area contributed by atoms with E-state index in [-0.39, 0.29) is 0 Å². The second-order valence-corrected chi connectivity index (χ2v) is 9.73. The first-order valence-corrected chi connectivity index (χ1v) is 12.1. The quantitative estimate of drug-likeness (QED) is 0.326. The molecule has 0 bridgehead atoms. The van der Waals surface area contributed by atoms with Crippen LogP contribution in [0.2, 0.25) is 0 Å². The lowest BCUT2D eigenvalue weighted by Gasteiger charge is -2.28. The van der Waals surface area contributed by atoms with Gasteiger partial charge >= 0.3 is 0 Å². The number of allylic oxidation sites excluding steroid dienone is 13. The molecule has 0 aromatic carbocycles. The van der Waals surface area contributed by atoms with Crippen molar-refractivity contribution >= 4 is 0 Å². The van der Waals surface area contributed by atoms with Crippen LogP contribution in [0.4, 0.5) is 0 Å². The second-order valence-electron chi connectivity index (χ2n) is 9.73. The summed E-state index contributed by atoms with van der Waals surface area (Å²) in [7, 11) is 0. The van der Waals surface area contributed by atoms with Crippen LogP contribution in [0.25, 0.3) is 0 Å². The molecule has 0 radical (unpaired) electrons. The van der Waals surface area contributed by atoms with Gasteiger partial charge in [-0.1, -0.05) is 75.6 Å². The van der Waals surface area contributed by atoms with E-state index in [1.807, 2.05) is 24.3 Å². The van der Waals surface area contributed by atoms with Gasteiger partial charge < -0.3 is 0 Å². The van der Waals surface area contributed by atoms with Gasteiger partial charge in [0.15, 0.2) is 0 Å². The predicted octanol–water partition coefficient (Wildman–Crippen LogP) is 9.10. The van der Waals surface area contributed by atoms with Crippen molar-refractivity contribution in [3.8, 4) is 6.07 Å². The average Bonchev–Trinajstić information content (AvgIpc) is 3.55. The third kappa shape index (κ3) is 9.14. The molecule has 0 aromatic rings. The smallest absolute Gasteiger partial charge is 0.0991 e. The van der Waals surface area contributed by atoms with Crippen LogP contribution in [-0.2, 0) is 0 Å². The number of hydrogen-bond acceptors (Lipinski definition) is 1. The molecule has 1 saturated carbocycles. The molecule has 2 rings (SSSR count). The van der Waals surface area contributed by atoms with Crippen molar-refractivity contribution in [3.63, 3.8) is 0 Å². The van der Waals surface area contributed by atoms with Gasteiger partial charge in [-0.15, -0.1) is 6.58 Å². The first-order chi connectivity index (χ1) is 14.9. The summed E-state index contributed by atoms with van der Waals surface area (Å²) < 4.78 is 0. The molecule has 31 heavy (non-hydrogen) atoms. The Kier molecular flexibility index (Phi) is 10.1. The number of rotatable bonds is 10. The van der Waals surface area contributed by atoms with E-state index in [2.05, 4.69) is 64.6 Å². The number of nitriles is 1. The van der Waals surface area contributed by atoms with Gasteiger partial charge in [-0.05, 0) is 92.1 Å². The Morgan fingerprint density at radius 2 is 1.84 bits per heavy atom. The van der Waals surface area contributed by atoms with E-state index >= 15 is 0 Å². The molecule has 2 aliphatic rings. The summed E-state index contributed by atoms with van der Waals surface area (Å²) in [5, 5.41) is 9.38. The molecule has 2 aliphatic carbocycles. The summed E-state index contributed by atoms with van der Waals surface area (Å²) in [6.07, 6.45) is 27.8. The lowest BCUT2D eigenvalue weighted by molar-refractivity contribution is 0.274. The van der Waals surface area contributed by atoms with Gasteiger partial charge in [0.05, 0.1) is 11.6 Å². The van der Waals surface area contributed by atoms with Crippen molar-refractivity contribution in [2.45, 2.75) is 85.5 Å². The van der Waals surface area contributed by atoms with Crippen LogP contribution in [0.15, 0.2) is 83.1 Å². The number of nitrogens with zero attached hydrogens (tertiary/aromatic N) is 1. The van der Waals surface area contributed by atoms with Crippen LogP contribution in [0.5, 0.6) is 0 Å². The van der Waals surface area contributed by atoms with Crippen molar-refractivity contribution in [1.82, 2.24) is 0 Å². The normalized spacial score (nSPS) is 27.8. The molecule has 0 N–H and O–H groups in total. The molecule has 0 aliphatic heterocycles. The van der Waals surface area contributed by atoms with E-state index in [1.54, 1.807) is 0 Å². The Hall–Kier alpha value is -2.33. The summed E-state index contributed by atoms with van der Waals surface area (Å²) in [6, 6.07) is 2.28. The van der Waals surface area contributed by atoms with Gasteiger partial charge in [0.1, 0.15) is 0 Å². The highest BCUT2D eigenvalue weighted by atomic mass is 14.3. The Balaban J connectivity index is 2.29. The molecule has 1 unspecified atom stereocenters. The van der Waals surface area contributed by atoms with Crippen molar-refractivity contribution in [1.29, 1.82) is 5.26 Å². The van der Waals surface area contributed by atoms with Gasteiger partial charge in [-0.25, -0.2) is 0 Å². The van der Waals surface area contributed by atoms with Crippen LogP contribution in [0.3, 0.4) is 0 Å². The zero-order valence-corrected chi connectivity index (χ0v) is 20.2. The molecule has 1 heteroatoms. The largest absolute Gasteiger partial charge is 0.192 e. The average molecular weight is 416 g/mol. The first-order valence-electron chi connectivity index (χ1n) is 12.1. The molecule has 0 spiro atoms. The highest BCUT2D eigenvalue weighted by molar-refractivity contribution is 5.44. The fraction of sp³-hybridized carbons (Fsp3) is 0.500. The van der Waals surface area contributed by atoms with E-state index in [0.29, 0.717) is 16.9 Å². The lowest BCUT2D eigenvalue weighted by atomic mass is 9.77. The Morgan fingerprint density at radius 3 is 2.45 bits per heavy atom. The zero-order valence-electron chi connectivity index (χ0n) is 20.2. The second kappa shape index (κ2) is 12.5. The third-order valence-corrected chi connectivity index (χ3v) is 6.42. The lowest BCUT2D eigenvalue weighted by Crippen LogP contribution is -2.15. The SMILES string of the molecule is C=C(C)CC(C)(CC)CCCC1=C/C(C2CC2)=C/C=C/C(C#N)=C\C=C/C(CCC)=C\1. The van der Waals surface area contributed by atoms with Crippen molar-refractivity contribution < 1.29 is 0 Å². The minimum Gasteiger partial charge on any atom is -0.192 e. The van der Waals surface area contributed by atoms with Crippen LogP contribution < -0.4 is 0 Å². The maximum atomic E-state index is 9.38. The minimum atomic E-state index is 0.351. The standard InChI is InChI=1S/C30H41N/c1-6-11-25-12-8-13-26(23-31)14-9-16-29(28-17-18-28)21-27(20-25)15-10-19-30(5,7-2)22-24(3)4/h8-9,12-14,16,20-21,28H,3,6-7,10-11,15,17-19,22H2,1-2,4-5H3/b12-8-,13-8?,14-9+,16-9?,25-12?,25-20-,26-13+,26-14?,27-20?,27-21-,29-16-,29-21?. The van der Waals surface area contributed by atoms with Crippen LogP contribution >= 0.6 is 0 Å². The molecule has 0 heterocycles. The molecular weight excluding hydrogens is 374 g/mol. The van der Waals surface area contributed by atoms with Crippen LogP contribution in [0.1, 0.15) is 85.5 Å². The van der Waals surface area contributed by atoms with E-state index < -0.39 is 0 Å². The van der Waals surface area contributed by atoms with Crippen molar-refractivity contribution in [3.05, 3.63) is 83.1 Å². The maximum absolute atomic E-state index is 9.38. The van der Waals surface area contributed by atoms with Gasteiger partial charge in [-0.2, -0.15) is 5.26 Å². The van der Waals surface area contributed by atoms with Gasteiger partial charge in [0, 0.05) is 0 Å². The molecule has 0 saturated heterocycles. The topological polar surface area (TPSA) is 23.8 Å². The van der Waals surface area contributed by atoms with Gasteiger partial charge in [-0.3, -0.25) is 0 Å². The Morgan fingerprint density at radius 1 is 1.10 bits per heavy atom. The molecule has 1 atom stereocenters. The summed E-state index contributed by atoms with van der Waals surface area (Å²) >= 11 is 0. The van der Waals surface area contributed by atoms with Crippen LogP contribution in [0, 0.1) is 22.7 Å². The fourth-order valence-corrected chi connectivity index (χ4v) is 4.36. The van der Waals surface area contributed by atoms with E-state index in [4.69, 9.17) is 0 Å². The van der Waals surface area contributed by atoms with Gasteiger partial charge in [0.25, 0.3) is 0 Å². The monoisotopic (exact) mass is 415 g/mol. The molecule has 0 amide bonds. The summed E-state index contributed by atoms with van der Waals surface area (Å²) in [4.78, 5) is 0. The molecular formula is C30H41N. The maximum Gasteiger partial charge on any atom is 0.0991 e.